The van der Waals surface area contributed by atoms with Gasteiger partial charge in [-0.2, -0.15) is 13.2 Å². The second-order valence-electron chi connectivity index (χ2n) is 10.00. The van der Waals surface area contributed by atoms with Crippen molar-refractivity contribution in [1.29, 1.82) is 0 Å². The molecule has 2 amide bonds. The Morgan fingerprint density at radius 2 is 1.49 bits per heavy atom. The van der Waals surface area contributed by atoms with Gasteiger partial charge in [0.25, 0.3) is 0 Å². The largest absolute Gasteiger partial charge is 0.416 e. The van der Waals surface area contributed by atoms with Crippen molar-refractivity contribution >= 4 is 45.0 Å². The first kappa shape index (κ1) is 26.9. The summed E-state index contributed by atoms with van der Waals surface area (Å²) in [5, 5.41) is 0. The van der Waals surface area contributed by atoms with Gasteiger partial charge in [-0.05, 0) is 36.4 Å². The first-order valence-corrected chi connectivity index (χ1v) is 13.5. The van der Waals surface area contributed by atoms with E-state index in [4.69, 9.17) is 0 Å². The van der Waals surface area contributed by atoms with E-state index in [2.05, 4.69) is 15.9 Å². The van der Waals surface area contributed by atoms with E-state index in [-0.39, 0.29) is 17.0 Å². The second kappa shape index (κ2) is 9.95. The Morgan fingerprint density at radius 3 is 2.17 bits per heavy atom. The zero-order valence-corrected chi connectivity index (χ0v) is 22.7. The van der Waals surface area contributed by atoms with E-state index >= 15 is 0 Å². The van der Waals surface area contributed by atoms with E-state index in [1.54, 1.807) is 77.8 Å². The topological polar surface area (TPSA) is 74.8 Å². The molecule has 0 aromatic heterocycles. The summed E-state index contributed by atoms with van der Waals surface area (Å²) in [4.78, 5) is 57.2. The van der Waals surface area contributed by atoms with Gasteiger partial charge in [0.1, 0.15) is 6.04 Å². The number of halogens is 4. The molecular weight excluding hydrogens is 601 g/mol. The molecule has 3 aliphatic heterocycles. The number of allylic oxidation sites excluding steroid dienone is 2. The number of carbonyl (C=O) groups is 4. The minimum atomic E-state index is -4.68. The van der Waals surface area contributed by atoms with E-state index in [1.807, 2.05) is 0 Å². The van der Waals surface area contributed by atoms with Gasteiger partial charge in [0, 0.05) is 27.4 Å². The molecule has 0 bridgehead atoms. The summed E-state index contributed by atoms with van der Waals surface area (Å²) in [7, 11) is 0. The van der Waals surface area contributed by atoms with Crippen molar-refractivity contribution in [1.82, 2.24) is 4.90 Å². The lowest BCUT2D eigenvalue weighted by Gasteiger charge is -2.33. The Bertz CT molecular complexity index is 1650. The molecule has 206 valence electrons. The minimum absolute atomic E-state index is 0.221. The number of rotatable bonds is 5. The van der Waals surface area contributed by atoms with Gasteiger partial charge >= 0.3 is 6.18 Å². The quantitative estimate of drug-likeness (QED) is 0.264. The summed E-state index contributed by atoms with van der Waals surface area (Å²) in [5.41, 5.74) is -0.215. The van der Waals surface area contributed by atoms with Gasteiger partial charge in [0.05, 0.1) is 29.1 Å². The van der Waals surface area contributed by atoms with Gasteiger partial charge in [0.15, 0.2) is 11.6 Å². The van der Waals surface area contributed by atoms with Gasteiger partial charge < -0.3 is 4.90 Å². The van der Waals surface area contributed by atoms with Crippen LogP contribution in [0.5, 0.6) is 0 Å². The van der Waals surface area contributed by atoms with Crippen LogP contribution in [0.15, 0.2) is 107 Å². The first-order chi connectivity index (χ1) is 19.6. The number of fused-ring (bicyclic) bond motifs is 3. The van der Waals surface area contributed by atoms with E-state index in [0.717, 1.165) is 27.6 Å². The van der Waals surface area contributed by atoms with Crippen LogP contribution in [0, 0.1) is 11.8 Å². The molecule has 0 spiro atoms. The summed E-state index contributed by atoms with van der Waals surface area (Å²) in [5.74, 6) is -4.47. The molecule has 6 nitrogen and oxygen atoms in total. The Balaban J connectivity index is 1.43. The summed E-state index contributed by atoms with van der Waals surface area (Å²) in [6, 6.07) is 17.1. The highest BCUT2D eigenvalue weighted by atomic mass is 79.9. The van der Waals surface area contributed by atoms with Crippen LogP contribution < -0.4 is 4.90 Å². The van der Waals surface area contributed by atoms with Crippen LogP contribution in [0.4, 0.5) is 18.9 Å². The van der Waals surface area contributed by atoms with Gasteiger partial charge in [0.2, 0.25) is 11.8 Å². The van der Waals surface area contributed by atoms with Crippen LogP contribution >= 0.6 is 15.9 Å². The van der Waals surface area contributed by atoms with Crippen molar-refractivity contribution < 1.29 is 32.3 Å². The average molecular weight is 621 g/mol. The maximum Gasteiger partial charge on any atom is 0.416 e. The highest BCUT2D eigenvalue weighted by molar-refractivity contribution is 9.10. The Hall–Kier alpha value is -4.31. The molecule has 3 aromatic rings. The van der Waals surface area contributed by atoms with E-state index in [9.17, 15) is 32.3 Å². The van der Waals surface area contributed by atoms with Crippen molar-refractivity contribution in [2.75, 3.05) is 4.90 Å². The van der Waals surface area contributed by atoms with Crippen LogP contribution in [0.3, 0.4) is 0 Å². The molecule has 41 heavy (non-hydrogen) atoms. The Kier molecular flexibility index (Phi) is 6.53. The summed E-state index contributed by atoms with van der Waals surface area (Å²) in [6.45, 7) is 0. The van der Waals surface area contributed by atoms with Crippen molar-refractivity contribution in [2.24, 2.45) is 11.8 Å². The van der Waals surface area contributed by atoms with E-state index < -0.39 is 53.3 Å². The number of benzene rings is 3. The summed E-state index contributed by atoms with van der Waals surface area (Å²) >= 11 is 3.33. The lowest BCUT2D eigenvalue weighted by molar-refractivity contribution is -0.137. The lowest BCUT2D eigenvalue weighted by atomic mass is 9.85. The van der Waals surface area contributed by atoms with Gasteiger partial charge in [-0.15, -0.1) is 0 Å². The molecule has 0 radical (unpaired) electrons. The summed E-state index contributed by atoms with van der Waals surface area (Å²) < 4.78 is 41.1. The van der Waals surface area contributed by atoms with Crippen LogP contribution in [0.2, 0.25) is 0 Å². The normalized spacial score (nSPS) is 23.4. The molecule has 2 saturated heterocycles. The Morgan fingerprint density at radius 1 is 0.805 bits per heavy atom. The molecule has 6 rings (SSSR count). The summed E-state index contributed by atoms with van der Waals surface area (Å²) in [6.07, 6.45) is -0.00904. The zero-order valence-electron chi connectivity index (χ0n) is 21.1. The second-order valence-corrected chi connectivity index (χ2v) is 10.9. The lowest BCUT2D eigenvalue weighted by Crippen LogP contribution is -2.46. The third-order valence-electron chi connectivity index (χ3n) is 7.68. The molecule has 0 saturated carbocycles. The molecule has 0 unspecified atom stereocenters. The van der Waals surface area contributed by atoms with E-state index in [1.165, 1.54) is 6.07 Å². The number of carbonyl (C=O) groups excluding carboxylic acids is 4. The standard InChI is InChI=1S/C31H20BrF3N2O4/c32-21-11-9-18(10-12-21)28(39)26-25-24(23-15-19(13-14-36(23)26)27(38)17-5-2-1-3-6-17)29(40)37(30(25)41)22-8-4-7-20(16-22)31(33,34)35/h1-16,23-26H/t23-,24+,25-,26+/m1/s1. The third kappa shape index (κ3) is 4.52. The monoisotopic (exact) mass is 620 g/mol. The smallest absolute Gasteiger partial charge is 0.359 e. The molecule has 0 aliphatic carbocycles. The molecule has 3 heterocycles. The van der Waals surface area contributed by atoms with Crippen molar-refractivity contribution in [3.63, 3.8) is 0 Å². The minimum Gasteiger partial charge on any atom is -0.359 e. The maximum atomic E-state index is 13.9. The van der Waals surface area contributed by atoms with Crippen LogP contribution in [0.25, 0.3) is 0 Å². The number of anilines is 1. The van der Waals surface area contributed by atoms with Crippen molar-refractivity contribution in [2.45, 2.75) is 18.3 Å². The highest BCUT2D eigenvalue weighted by Gasteiger charge is 2.63. The maximum absolute atomic E-state index is 13.9. The molecule has 2 fully saturated rings. The third-order valence-corrected chi connectivity index (χ3v) is 8.20. The molecule has 0 N–H and O–H groups in total. The number of hydrogen-bond donors (Lipinski definition) is 0. The fourth-order valence-corrected chi connectivity index (χ4v) is 6.08. The first-order valence-electron chi connectivity index (χ1n) is 12.7. The molecular formula is C31H20BrF3N2O4. The van der Waals surface area contributed by atoms with Crippen molar-refractivity contribution in [3.05, 3.63) is 124 Å². The fraction of sp³-hybridized carbons (Fsp3) is 0.161. The fourth-order valence-electron chi connectivity index (χ4n) is 5.81. The highest BCUT2D eigenvalue weighted by Crippen LogP contribution is 2.47. The number of Topliss-reactive ketones (excluding diaryl/α,β-unsaturated/α-hetero) is 2. The van der Waals surface area contributed by atoms with Crippen LogP contribution in [0.1, 0.15) is 26.3 Å². The zero-order chi connectivity index (χ0) is 29.1. The number of amides is 2. The predicted molar refractivity (Wildman–Crippen MR) is 147 cm³/mol. The van der Waals surface area contributed by atoms with Gasteiger partial charge in [-0.1, -0.05) is 70.5 Å². The molecule has 3 aliphatic rings. The van der Waals surface area contributed by atoms with Gasteiger partial charge in [-0.3, -0.25) is 19.2 Å². The number of imide groups is 1. The average Bonchev–Trinajstić information content (AvgIpc) is 3.44. The molecule has 4 atom stereocenters. The number of alkyl halides is 3. The Labute approximate surface area is 240 Å². The number of nitrogens with zero attached hydrogens (tertiary/aromatic N) is 2. The van der Waals surface area contributed by atoms with Crippen molar-refractivity contribution in [3.8, 4) is 0 Å². The number of ketones is 2. The molecule has 10 heteroatoms. The van der Waals surface area contributed by atoms with Crippen LogP contribution in [-0.4, -0.2) is 40.4 Å². The SMILES string of the molecule is O=C(C1=C[C@@H]2[C@@H]3C(=O)N(c4cccc(C(F)(F)F)c4)C(=O)[C@H]3[C@@H](C(=O)c3ccc(Br)cc3)N2C=C1)c1ccccc1. The molecule has 3 aromatic carbocycles. The van der Waals surface area contributed by atoms with E-state index in [0.29, 0.717) is 11.1 Å². The number of hydrogen-bond acceptors (Lipinski definition) is 5. The predicted octanol–water partition coefficient (Wildman–Crippen LogP) is 5.85. The van der Waals surface area contributed by atoms with Crippen LogP contribution in [-0.2, 0) is 15.8 Å². The van der Waals surface area contributed by atoms with Gasteiger partial charge in [-0.25, -0.2) is 4.90 Å².